The number of rotatable bonds is 4. The van der Waals surface area contributed by atoms with E-state index in [0.29, 0.717) is 16.8 Å². The molecule has 0 amide bonds. The Morgan fingerprint density at radius 3 is 2.50 bits per heavy atom. The Labute approximate surface area is 155 Å². The van der Waals surface area contributed by atoms with Crippen LogP contribution in [-0.2, 0) is 0 Å². The van der Waals surface area contributed by atoms with Gasteiger partial charge in [-0.3, -0.25) is 24.5 Å². The Kier molecular flexibility index (Phi) is 6.08. The molecule has 26 heavy (non-hydrogen) atoms. The van der Waals surface area contributed by atoms with Crippen molar-refractivity contribution >= 4 is 24.0 Å². The van der Waals surface area contributed by atoms with E-state index in [1.54, 1.807) is 36.7 Å². The fourth-order valence-corrected chi connectivity index (χ4v) is 2.37. The van der Waals surface area contributed by atoms with Crippen molar-refractivity contribution in [3.05, 3.63) is 94.0 Å². The second-order valence-electron chi connectivity index (χ2n) is 5.36. The van der Waals surface area contributed by atoms with Gasteiger partial charge in [0.1, 0.15) is 17.3 Å². The highest BCUT2D eigenvalue weighted by Crippen LogP contribution is 2.16. The summed E-state index contributed by atoms with van der Waals surface area (Å²) in [6.07, 6.45) is 3.18. The minimum Gasteiger partial charge on any atom is -0.467 e. The molecule has 2 heterocycles. The summed E-state index contributed by atoms with van der Waals surface area (Å²) < 4.78 is 6.74. The number of benzene rings is 1. The van der Waals surface area contributed by atoms with Gasteiger partial charge >= 0.3 is 0 Å². The van der Waals surface area contributed by atoms with E-state index in [2.05, 4.69) is 4.99 Å². The van der Waals surface area contributed by atoms with Gasteiger partial charge in [-0.25, -0.2) is 0 Å². The lowest BCUT2D eigenvalue weighted by molar-refractivity contribution is -0.384. The van der Waals surface area contributed by atoms with Crippen LogP contribution in [0.4, 0.5) is 5.69 Å². The Hall–Kier alpha value is -3.19. The summed E-state index contributed by atoms with van der Waals surface area (Å²) in [4.78, 5) is 27.5. The number of nitro benzene ring substituents is 1. The largest absolute Gasteiger partial charge is 0.467 e. The highest BCUT2D eigenvalue weighted by atomic mass is 35.5. The smallest absolute Gasteiger partial charge is 0.269 e. The van der Waals surface area contributed by atoms with Crippen LogP contribution in [0.5, 0.6) is 0 Å². The number of non-ortho nitro benzene ring substituents is 1. The summed E-state index contributed by atoms with van der Waals surface area (Å²) in [6, 6.07) is 14.0. The standard InChI is InChI=1S/C18H15N3O4.ClH/c1-13(16-5-4-12-25-16)19-17-6-2-3-11-20(17)18(22)14-7-9-15(10-8-14)21(23)24;/h2-13H,1H3;1H. The number of pyridine rings is 1. The van der Waals surface area contributed by atoms with Crippen LogP contribution in [-0.4, -0.2) is 15.4 Å². The number of halogens is 1. The highest BCUT2D eigenvalue weighted by molar-refractivity contribution is 5.95. The van der Waals surface area contributed by atoms with Crippen molar-refractivity contribution in [2.24, 2.45) is 4.99 Å². The number of hydrogen-bond acceptors (Lipinski definition) is 5. The second-order valence-corrected chi connectivity index (χ2v) is 5.36. The third-order valence-electron chi connectivity index (χ3n) is 3.66. The molecule has 1 atom stereocenters. The van der Waals surface area contributed by atoms with Crippen molar-refractivity contribution in [2.45, 2.75) is 13.0 Å². The molecule has 0 aliphatic heterocycles. The van der Waals surface area contributed by atoms with Crippen molar-refractivity contribution in [3.8, 4) is 0 Å². The zero-order valence-electron chi connectivity index (χ0n) is 13.8. The van der Waals surface area contributed by atoms with Crippen LogP contribution in [0.15, 0.2) is 76.5 Å². The number of carbonyl (C=O) groups is 1. The second kappa shape index (κ2) is 8.26. The third-order valence-corrected chi connectivity index (χ3v) is 3.66. The molecule has 7 nitrogen and oxygen atoms in total. The lowest BCUT2D eigenvalue weighted by Gasteiger charge is -2.08. The molecule has 0 bridgehead atoms. The van der Waals surface area contributed by atoms with E-state index >= 15 is 0 Å². The number of nitro groups is 1. The van der Waals surface area contributed by atoms with Crippen molar-refractivity contribution in [1.29, 1.82) is 0 Å². The van der Waals surface area contributed by atoms with E-state index in [4.69, 9.17) is 4.42 Å². The molecule has 0 N–H and O–H groups in total. The zero-order valence-corrected chi connectivity index (χ0v) is 14.6. The predicted molar refractivity (Wildman–Crippen MR) is 97.2 cm³/mol. The van der Waals surface area contributed by atoms with Crippen LogP contribution in [0.3, 0.4) is 0 Å². The first-order chi connectivity index (χ1) is 12.1. The van der Waals surface area contributed by atoms with Crippen LogP contribution in [0.2, 0.25) is 0 Å². The fraction of sp³-hybridized carbons (Fsp3) is 0.111. The minimum absolute atomic E-state index is 0. The molecule has 3 aromatic rings. The van der Waals surface area contributed by atoms with Crippen LogP contribution in [0.25, 0.3) is 0 Å². The Morgan fingerprint density at radius 1 is 1.15 bits per heavy atom. The molecule has 134 valence electrons. The average Bonchev–Trinajstić information content (AvgIpc) is 3.16. The maximum atomic E-state index is 12.7. The molecule has 2 aromatic heterocycles. The molecule has 0 aliphatic rings. The predicted octanol–water partition coefficient (Wildman–Crippen LogP) is 3.76. The molecule has 8 heteroatoms. The molecular formula is C18H16ClN3O4. The van der Waals surface area contributed by atoms with Gasteiger partial charge in [-0.15, -0.1) is 12.4 Å². The minimum atomic E-state index is -0.504. The van der Waals surface area contributed by atoms with E-state index < -0.39 is 4.92 Å². The van der Waals surface area contributed by atoms with Gasteiger partial charge in [0.25, 0.3) is 11.6 Å². The molecule has 0 radical (unpaired) electrons. The quantitative estimate of drug-likeness (QED) is 0.514. The lowest BCUT2D eigenvalue weighted by Crippen LogP contribution is -2.27. The molecule has 1 aromatic carbocycles. The molecule has 0 fully saturated rings. The Balaban J connectivity index is 0.00000243. The summed E-state index contributed by atoms with van der Waals surface area (Å²) >= 11 is 0. The van der Waals surface area contributed by atoms with Crippen LogP contribution >= 0.6 is 12.4 Å². The molecule has 0 aliphatic carbocycles. The Bertz CT molecular complexity index is 963. The van der Waals surface area contributed by atoms with Gasteiger partial charge in [0, 0.05) is 23.9 Å². The summed E-state index contributed by atoms with van der Waals surface area (Å²) in [6.45, 7) is 1.87. The van der Waals surface area contributed by atoms with Crippen molar-refractivity contribution in [1.82, 2.24) is 4.57 Å². The zero-order chi connectivity index (χ0) is 17.8. The van der Waals surface area contributed by atoms with Gasteiger partial charge in [-0.1, -0.05) is 6.07 Å². The monoisotopic (exact) mass is 373 g/mol. The van der Waals surface area contributed by atoms with E-state index in [9.17, 15) is 14.9 Å². The van der Waals surface area contributed by atoms with Crippen molar-refractivity contribution < 1.29 is 14.1 Å². The van der Waals surface area contributed by atoms with E-state index in [1.807, 2.05) is 13.0 Å². The van der Waals surface area contributed by atoms with Gasteiger partial charge in [-0.05, 0) is 43.3 Å². The van der Waals surface area contributed by atoms with Gasteiger partial charge in [0.15, 0.2) is 0 Å². The lowest BCUT2D eigenvalue weighted by atomic mass is 10.2. The number of furan rings is 1. The van der Waals surface area contributed by atoms with Crippen LogP contribution < -0.4 is 5.49 Å². The maximum absolute atomic E-state index is 12.7. The molecular weight excluding hydrogens is 358 g/mol. The molecule has 0 saturated carbocycles. The van der Waals surface area contributed by atoms with E-state index in [-0.39, 0.29) is 30.0 Å². The van der Waals surface area contributed by atoms with Gasteiger partial charge in [-0.2, -0.15) is 0 Å². The highest BCUT2D eigenvalue weighted by Gasteiger charge is 2.12. The van der Waals surface area contributed by atoms with E-state index in [0.717, 1.165) is 0 Å². The number of aromatic nitrogens is 1. The van der Waals surface area contributed by atoms with Crippen LogP contribution in [0.1, 0.15) is 29.1 Å². The molecule has 0 spiro atoms. The van der Waals surface area contributed by atoms with Crippen molar-refractivity contribution in [3.63, 3.8) is 0 Å². The third kappa shape index (κ3) is 4.07. The summed E-state index contributed by atoms with van der Waals surface area (Å²) in [7, 11) is 0. The summed E-state index contributed by atoms with van der Waals surface area (Å²) in [5.74, 6) is 0.374. The van der Waals surface area contributed by atoms with Gasteiger partial charge < -0.3 is 4.42 Å². The number of nitrogens with zero attached hydrogens (tertiary/aromatic N) is 3. The fourth-order valence-electron chi connectivity index (χ4n) is 2.37. The van der Waals surface area contributed by atoms with E-state index in [1.165, 1.54) is 28.8 Å². The summed E-state index contributed by atoms with van der Waals surface area (Å²) in [5.41, 5.74) is 0.740. The summed E-state index contributed by atoms with van der Waals surface area (Å²) in [5, 5.41) is 10.7. The SMILES string of the molecule is CC(N=c1ccccn1C(=O)c1ccc([N+](=O)[O-])cc1)c1ccco1.Cl. The first-order valence-electron chi connectivity index (χ1n) is 7.60. The maximum Gasteiger partial charge on any atom is 0.269 e. The first kappa shape index (κ1) is 19.1. The van der Waals surface area contributed by atoms with Crippen molar-refractivity contribution in [2.75, 3.05) is 0 Å². The molecule has 3 rings (SSSR count). The average molecular weight is 374 g/mol. The molecule has 0 saturated heterocycles. The Morgan fingerprint density at radius 2 is 1.88 bits per heavy atom. The van der Waals surface area contributed by atoms with Gasteiger partial charge in [0.2, 0.25) is 0 Å². The van der Waals surface area contributed by atoms with Gasteiger partial charge in [0.05, 0.1) is 11.2 Å². The first-order valence-corrected chi connectivity index (χ1v) is 7.60. The van der Waals surface area contributed by atoms with Crippen LogP contribution in [0, 0.1) is 10.1 Å². The molecule has 1 unspecified atom stereocenters. The number of carbonyl (C=O) groups excluding carboxylic acids is 1. The number of hydrogen-bond donors (Lipinski definition) is 0. The topological polar surface area (TPSA) is 90.6 Å². The normalized spacial score (nSPS) is 12.3.